The third-order valence-electron chi connectivity index (χ3n) is 16.3. The van der Waals surface area contributed by atoms with Crippen molar-refractivity contribution in [2.45, 2.75) is 393 Å². The second-order valence-corrected chi connectivity index (χ2v) is 24.5. The Morgan fingerprint density at radius 2 is 0.476 bits per heavy atom. The molecule has 0 heterocycles. The molecule has 82 heavy (non-hydrogen) atoms. The van der Waals surface area contributed by atoms with Gasteiger partial charge in [-0.3, -0.25) is 14.4 Å². The highest BCUT2D eigenvalue weighted by Crippen LogP contribution is 2.18. The zero-order chi connectivity index (χ0) is 59.2. The summed E-state index contributed by atoms with van der Waals surface area (Å²) in [4.78, 5) is 38.1. The molecule has 0 saturated heterocycles. The van der Waals surface area contributed by atoms with Gasteiger partial charge in [-0.2, -0.15) is 0 Å². The monoisotopic (exact) mass is 1150 g/mol. The van der Waals surface area contributed by atoms with Crippen molar-refractivity contribution < 1.29 is 28.6 Å². The van der Waals surface area contributed by atoms with Crippen LogP contribution in [-0.4, -0.2) is 37.2 Å². The third-order valence-corrected chi connectivity index (χ3v) is 16.3. The van der Waals surface area contributed by atoms with Gasteiger partial charge < -0.3 is 14.2 Å². The molecule has 0 aromatic heterocycles. The fourth-order valence-corrected chi connectivity index (χ4v) is 10.8. The second kappa shape index (κ2) is 70.6. The number of esters is 3. The number of carbonyl (C=O) groups excluding carboxylic acids is 3. The molecule has 6 heteroatoms. The molecule has 0 spiro atoms. The van der Waals surface area contributed by atoms with Crippen LogP contribution in [0.3, 0.4) is 0 Å². The van der Waals surface area contributed by atoms with Crippen molar-refractivity contribution in [1.82, 2.24) is 0 Å². The molecule has 0 aliphatic rings. The largest absolute Gasteiger partial charge is 0.462 e. The zero-order valence-electron chi connectivity index (χ0n) is 55.0. The summed E-state index contributed by atoms with van der Waals surface area (Å²) in [5, 5.41) is 0. The molecule has 0 aliphatic heterocycles. The number of allylic oxidation sites excluding steroid dienone is 10. The van der Waals surface area contributed by atoms with Crippen LogP contribution in [-0.2, 0) is 28.6 Å². The third kappa shape index (κ3) is 67.9. The second-order valence-electron chi connectivity index (χ2n) is 24.5. The van der Waals surface area contributed by atoms with Crippen LogP contribution < -0.4 is 0 Å². The summed E-state index contributed by atoms with van der Waals surface area (Å²) >= 11 is 0. The van der Waals surface area contributed by atoms with Crippen molar-refractivity contribution in [2.24, 2.45) is 0 Å². The van der Waals surface area contributed by atoms with Crippen LogP contribution in [0.15, 0.2) is 60.8 Å². The van der Waals surface area contributed by atoms with Gasteiger partial charge in [0.25, 0.3) is 0 Å². The van der Waals surface area contributed by atoms with E-state index in [9.17, 15) is 14.4 Å². The minimum absolute atomic E-state index is 0.0689. The minimum atomic E-state index is -0.769. The summed E-state index contributed by atoms with van der Waals surface area (Å²) in [5.41, 5.74) is 0. The maximum Gasteiger partial charge on any atom is 0.306 e. The van der Waals surface area contributed by atoms with E-state index in [0.29, 0.717) is 19.3 Å². The highest BCUT2D eigenvalue weighted by Gasteiger charge is 2.19. The van der Waals surface area contributed by atoms with Crippen LogP contribution in [0.5, 0.6) is 0 Å². The van der Waals surface area contributed by atoms with E-state index >= 15 is 0 Å². The van der Waals surface area contributed by atoms with Crippen molar-refractivity contribution in [3.8, 4) is 0 Å². The van der Waals surface area contributed by atoms with E-state index in [1.165, 1.54) is 263 Å². The summed E-state index contributed by atoms with van der Waals surface area (Å²) in [5.74, 6) is -0.855. The molecule has 0 aliphatic carbocycles. The molecule has 0 rings (SSSR count). The molecule has 0 amide bonds. The maximum absolute atomic E-state index is 12.9. The number of hydrogen-bond acceptors (Lipinski definition) is 6. The van der Waals surface area contributed by atoms with E-state index in [1.54, 1.807) is 0 Å². The lowest BCUT2D eigenvalue weighted by molar-refractivity contribution is -0.167. The summed E-state index contributed by atoms with van der Waals surface area (Å²) < 4.78 is 16.9. The van der Waals surface area contributed by atoms with Crippen LogP contribution in [0.1, 0.15) is 387 Å². The Morgan fingerprint density at radius 1 is 0.256 bits per heavy atom. The van der Waals surface area contributed by atoms with Gasteiger partial charge in [-0.1, -0.05) is 345 Å². The van der Waals surface area contributed by atoms with Gasteiger partial charge in [0, 0.05) is 19.3 Å². The number of carbonyl (C=O) groups is 3. The van der Waals surface area contributed by atoms with Crippen LogP contribution in [0.4, 0.5) is 0 Å². The van der Waals surface area contributed by atoms with Gasteiger partial charge in [-0.05, 0) is 83.5 Å². The standard InChI is InChI=1S/C76H138O6/c1-4-7-10-13-16-18-20-22-24-26-28-30-32-34-36-38-40-42-44-46-48-50-52-54-56-58-60-63-66-69-75(78)81-72-73(71-80-74(77)68-65-62-15-12-9-6-3)82-76(79)70-67-64-61-59-57-55-53-51-49-47-45-43-41-39-37-35-33-31-29-27-25-23-21-19-17-14-11-8-5-2/h7,10,16,18,22,24,27-30,73H,4-6,8-9,11-15,17,19-21,23,25-26,31-72H2,1-3H3/b10-7-,18-16-,24-22-,29-27-,30-28-. The summed E-state index contributed by atoms with van der Waals surface area (Å²) in [6.45, 7) is 6.53. The summed E-state index contributed by atoms with van der Waals surface area (Å²) in [6.07, 6.45) is 91.6. The van der Waals surface area contributed by atoms with Crippen LogP contribution >= 0.6 is 0 Å². The molecule has 0 aromatic rings. The number of rotatable bonds is 67. The minimum Gasteiger partial charge on any atom is -0.462 e. The van der Waals surface area contributed by atoms with Crippen molar-refractivity contribution in [3.63, 3.8) is 0 Å². The van der Waals surface area contributed by atoms with E-state index in [4.69, 9.17) is 14.2 Å². The van der Waals surface area contributed by atoms with Gasteiger partial charge in [-0.15, -0.1) is 0 Å². The predicted molar refractivity (Wildman–Crippen MR) is 358 cm³/mol. The molecule has 0 bridgehead atoms. The van der Waals surface area contributed by atoms with E-state index in [2.05, 4.69) is 81.5 Å². The molecule has 1 unspecified atom stereocenters. The van der Waals surface area contributed by atoms with E-state index in [1.807, 2.05) is 0 Å². The Balaban J connectivity index is 3.97. The van der Waals surface area contributed by atoms with Gasteiger partial charge in [0.2, 0.25) is 0 Å². The lowest BCUT2D eigenvalue weighted by Gasteiger charge is -2.18. The highest BCUT2D eigenvalue weighted by molar-refractivity contribution is 5.71. The Bertz CT molecular complexity index is 1460. The molecular formula is C76H138O6. The Hall–Kier alpha value is -2.89. The molecule has 0 radical (unpaired) electrons. The zero-order valence-corrected chi connectivity index (χ0v) is 55.0. The van der Waals surface area contributed by atoms with Crippen LogP contribution in [0.25, 0.3) is 0 Å². The van der Waals surface area contributed by atoms with Crippen molar-refractivity contribution in [1.29, 1.82) is 0 Å². The molecule has 0 N–H and O–H groups in total. The maximum atomic E-state index is 12.9. The number of unbranched alkanes of at least 4 members (excludes halogenated alkanes) is 46. The lowest BCUT2D eigenvalue weighted by atomic mass is 10.0. The van der Waals surface area contributed by atoms with Gasteiger partial charge in [-0.25, -0.2) is 0 Å². The normalized spacial score (nSPS) is 12.4. The van der Waals surface area contributed by atoms with E-state index < -0.39 is 6.10 Å². The Kier molecular flexibility index (Phi) is 68.1. The topological polar surface area (TPSA) is 78.9 Å². The first-order valence-electron chi connectivity index (χ1n) is 36.3. The average molecular weight is 1150 g/mol. The predicted octanol–water partition coefficient (Wildman–Crippen LogP) is 25.1. The van der Waals surface area contributed by atoms with Gasteiger partial charge >= 0.3 is 17.9 Å². The van der Waals surface area contributed by atoms with E-state index in [-0.39, 0.29) is 31.1 Å². The van der Waals surface area contributed by atoms with Crippen LogP contribution in [0, 0.1) is 0 Å². The summed E-state index contributed by atoms with van der Waals surface area (Å²) in [6, 6.07) is 0. The molecular weight excluding hydrogens is 1010 g/mol. The summed E-state index contributed by atoms with van der Waals surface area (Å²) in [7, 11) is 0. The van der Waals surface area contributed by atoms with Gasteiger partial charge in [0.05, 0.1) is 0 Å². The molecule has 478 valence electrons. The molecule has 0 saturated carbocycles. The SMILES string of the molecule is CC/C=C\C/C=C\C/C=C\C/C=C\CCCCCCCCCCCCCCCCCCC(=O)OCC(COC(=O)CCCCCCCC)OC(=O)CCCCCCCCCCCCCCCCCCC/C=C\CCCCCCCCCC. The average Bonchev–Trinajstić information content (AvgIpc) is 3.47. The Labute approximate surface area is 510 Å². The van der Waals surface area contributed by atoms with E-state index in [0.717, 1.165) is 83.5 Å². The smallest absolute Gasteiger partial charge is 0.306 e. The van der Waals surface area contributed by atoms with Crippen molar-refractivity contribution >= 4 is 17.9 Å². The molecule has 0 aromatic carbocycles. The highest BCUT2D eigenvalue weighted by atomic mass is 16.6. The number of ether oxygens (including phenoxy) is 3. The van der Waals surface area contributed by atoms with Gasteiger partial charge in [0.15, 0.2) is 6.10 Å². The molecule has 6 nitrogen and oxygen atoms in total. The lowest BCUT2D eigenvalue weighted by Crippen LogP contribution is -2.30. The van der Waals surface area contributed by atoms with Crippen molar-refractivity contribution in [2.75, 3.05) is 13.2 Å². The van der Waals surface area contributed by atoms with Crippen molar-refractivity contribution in [3.05, 3.63) is 60.8 Å². The molecule has 0 fully saturated rings. The first-order valence-corrected chi connectivity index (χ1v) is 36.3. The van der Waals surface area contributed by atoms with Crippen LogP contribution in [0.2, 0.25) is 0 Å². The quantitative estimate of drug-likeness (QED) is 0.0261. The molecule has 1 atom stereocenters. The number of hydrogen-bond donors (Lipinski definition) is 0. The first-order chi connectivity index (χ1) is 40.5. The Morgan fingerprint density at radius 3 is 0.756 bits per heavy atom. The first kappa shape index (κ1) is 79.1. The fraction of sp³-hybridized carbons (Fsp3) is 0.829. The fourth-order valence-electron chi connectivity index (χ4n) is 10.8. The van der Waals surface area contributed by atoms with Gasteiger partial charge in [0.1, 0.15) is 13.2 Å².